The zero-order valence-electron chi connectivity index (χ0n) is 22.6. The normalized spacial score (nSPS) is 11.9. The molecule has 1 unspecified atom stereocenters. The quantitative estimate of drug-likeness (QED) is 0.337. The van der Waals surface area contributed by atoms with Gasteiger partial charge in [-0.15, -0.1) is 0 Å². The number of amides is 2. The minimum atomic E-state index is -4.19. The van der Waals surface area contributed by atoms with Crippen molar-refractivity contribution in [3.63, 3.8) is 0 Å². The summed E-state index contributed by atoms with van der Waals surface area (Å²) in [6.45, 7) is 5.30. The molecule has 0 saturated heterocycles. The number of nitrogens with zero attached hydrogens (tertiary/aromatic N) is 2. The van der Waals surface area contributed by atoms with Crippen LogP contribution in [0.5, 0.6) is 5.75 Å². The Hall–Kier alpha value is -3.56. The number of benzene rings is 3. The second-order valence-electron chi connectivity index (χ2n) is 9.08. The predicted molar refractivity (Wildman–Crippen MR) is 153 cm³/mol. The summed E-state index contributed by atoms with van der Waals surface area (Å²) in [6.07, 6.45) is 0.729. The van der Waals surface area contributed by atoms with Gasteiger partial charge in [-0.1, -0.05) is 66.6 Å². The van der Waals surface area contributed by atoms with Gasteiger partial charge in [-0.05, 0) is 56.2 Å². The van der Waals surface area contributed by atoms with Crippen LogP contribution in [0.2, 0.25) is 5.02 Å². The molecule has 0 aliphatic rings. The van der Waals surface area contributed by atoms with E-state index in [1.165, 1.54) is 24.1 Å². The number of methoxy groups -OCH3 is 1. The first-order chi connectivity index (χ1) is 18.6. The Labute approximate surface area is 235 Å². The molecule has 0 aromatic heterocycles. The molecular formula is C29H34ClN3O5S. The third kappa shape index (κ3) is 7.30. The summed E-state index contributed by atoms with van der Waals surface area (Å²) in [5.41, 5.74) is 1.73. The number of carbonyl (C=O) groups excluding carboxylic acids is 2. The molecule has 8 nitrogen and oxygen atoms in total. The Morgan fingerprint density at radius 2 is 1.64 bits per heavy atom. The molecule has 3 rings (SSSR count). The summed E-state index contributed by atoms with van der Waals surface area (Å²) >= 11 is 6.39. The lowest BCUT2D eigenvalue weighted by Crippen LogP contribution is -2.51. The Morgan fingerprint density at radius 3 is 2.28 bits per heavy atom. The maximum absolute atomic E-state index is 13.9. The molecule has 0 spiro atoms. The van der Waals surface area contributed by atoms with E-state index in [-0.39, 0.29) is 28.8 Å². The summed E-state index contributed by atoms with van der Waals surface area (Å²) < 4.78 is 34.3. The van der Waals surface area contributed by atoms with Crippen LogP contribution >= 0.6 is 11.6 Å². The molecule has 0 saturated carbocycles. The van der Waals surface area contributed by atoms with Crippen molar-refractivity contribution in [2.75, 3.05) is 24.5 Å². The van der Waals surface area contributed by atoms with E-state index >= 15 is 0 Å². The van der Waals surface area contributed by atoms with Crippen molar-refractivity contribution in [2.24, 2.45) is 0 Å². The Morgan fingerprint density at radius 1 is 1.00 bits per heavy atom. The average molecular weight is 572 g/mol. The Balaban J connectivity index is 2.07. The average Bonchev–Trinajstić information content (AvgIpc) is 2.93. The molecule has 10 heteroatoms. The first kappa shape index (κ1) is 30.0. The third-order valence-corrected chi connectivity index (χ3v) is 8.40. The summed E-state index contributed by atoms with van der Waals surface area (Å²) in [6, 6.07) is 19.1. The molecule has 1 atom stereocenters. The van der Waals surface area contributed by atoms with Gasteiger partial charge in [0, 0.05) is 18.1 Å². The highest BCUT2D eigenvalue weighted by Crippen LogP contribution is 2.32. The number of ether oxygens (including phenoxy) is 1. The number of anilines is 1. The lowest BCUT2D eigenvalue weighted by molar-refractivity contribution is -0.139. The maximum Gasteiger partial charge on any atom is 0.264 e. The minimum absolute atomic E-state index is 0.0174. The summed E-state index contributed by atoms with van der Waals surface area (Å²) in [7, 11) is -2.76. The van der Waals surface area contributed by atoms with Crippen molar-refractivity contribution in [1.29, 1.82) is 0 Å². The molecule has 39 heavy (non-hydrogen) atoms. The van der Waals surface area contributed by atoms with Crippen LogP contribution in [0.1, 0.15) is 31.4 Å². The molecule has 2 amide bonds. The van der Waals surface area contributed by atoms with E-state index in [2.05, 4.69) is 5.32 Å². The lowest BCUT2D eigenvalue weighted by atomic mass is 10.1. The fraction of sp³-hybridized carbons (Fsp3) is 0.310. The van der Waals surface area contributed by atoms with Crippen LogP contribution in [0.15, 0.2) is 77.7 Å². The largest absolute Gasteiger partial charge is 0.495 e. The van der Waals surface area contributed by atoms with Crippen LogP contribution < -0.4 is 14.4 Å². The van der Waals surface area contributed by atoms with Crippen LogP contribution in [0.4, 0.5) is 5.69 Å². The first-order valence-electron chi connectivity index (χ1n) is 12.6. The number of aryl methyl sites for hydroxylation is 1. The van der Waals surface area contributed by atoms with E-state index in [9.17, 15) is 18.0 Å². The first-order valence-corrected chi connectivity index (χ1v) is 14.4. The molecule has 0 radical (unpaired) electrons. The van der Waals surface area contributed by atoms with Crippen molar-refractivity contribution in [2.45, 2.75) is 44.7 Å². The van der Waals surface area contributed by atoms with Gasteiger partial charge in [-0.3, -0.25) is 13.9 Å². The van der Waals surface area contributed by atoms with Crippen molar-refractivity contribution in [3.8, 4) is 5.75 Å². The van der Waals surface area contributed by atoms with Gasteiger partial charge >= 0.3 is 0 Å². The fourth-order valence-electron chi connectivity index (χ4n) is 3.98. The number of halogens is 1. The molecule has 0 aliphatic carbocycles. The van der Waals surface area contributed by atoms with Crippen LogP contribution in [0, 0.1) is 6.92 Å². The van der Waals surface area contributed by atoms with E-state index in [0.29, 0.717) is 17.1 Å². The van der Waals surface area contributed by atoms with Gasteiger partial charge in [-0.25, -0.2) is 8.42 Å². The monoisotopic (exact) mass is 571 g/mol. The number of hydrogen-bond acceptors (Lipinski definition) is 5. The molecule has 0 aliphatic heterocycles. The zero-order chi connectivity index (χ0) is 28.6. The molecule has 3 aromatic rings. The summed E-state index contributed by atoms with van der Waals surface area (Å²) in [5.74, 6) is -0.634. The van der Waals surface area contributed by atoms with Crippen LogP contribution in [-0.2, 0) is 26.2 Å². The van der Waals surface area contributed by atoms with Crippen LogP contribution in [0.25, 0.3) is 0 Å². The molecule has 1 N–H and O–H groups in total. The number of nitrogens with one attached hydrogen (secondary N) is 1. The van der Waals surface area contributed by atoms with Gasteiger partial charge in [0.1, 0.15) is 18.3 Å². The number of para-hydroxylation sites is 2. The van der Waals surface area contributed by atoms with Gasteiger partial charge in [0.2, 0.25) is 11.8 Å². The highest BCUT2D eigenvalue weighted by molar-refractivity contribution is 7.92. The Bertz CT molecular complexity index is 1400. The molecule has 0 bridgehead atoms. The molecule has 208 valence electrons. The second kappa shape index (κ2) is 13.5. The van der Waals surface area contributed by atoms with Crippen molar-refractivity contribution >= 4 is 39.1 Å². The summed E-state index contributed by atoms with van der Waals surface area (Å²) in [5, 5.41) is 3.25. The maximum atomic E-state index is 13.9. The van der Waals surface area contributed by atoms with E-state index in [0.717, 1.165) is 16.3 Å². The second-order valence-corrected chi connectivity index (χ2v) is 11.3. The number of carbonyl (C=O) groups is 2. The van der Waals surface area contributed by atoms with Crippen LogP contribution in [-0.4, -0.2) is 51.4 Å². The van der Waals surface area contributed by atoms with Crippen molar-refractivity contribution in [3.05, 3.63) is 88.9 Å². The number of hydrogen-bond donors (Lipinski definition) is 1. The van der Waals surface area contributed by atoms with Gasteiger partial charge in [0.05, 0.1) is 17.7 Å². The molecule has 3 aromatic carbocycles. The zero-order valence-corrected chi connectivity index (χ0v) is 24.1. The molecular weight excluding hydrogens is 538 g/mol. The van der Waals surface area contributed by atoms with Crippen molar-refractivity contribution < 1.29 is 22.7 Å². The third-order valence-electron chi connectivity index (χ3n) is 6.26. The van der Waals surface area contributed by atoms with Gasteiger partial charge in [-0.2, -0.15) is 0 Å². The lowest BCUT2D eigenvalue weighted by Gasteiger charge is -2.32. The van der Waals surface area contributed by atoms with E-state index < -0.39 is 28.5 Å². The predicted octanol–water partition coefficient (Wildman–Crippen LogP) is 4.80. The van der Waals surface area contributed by atoms with E-state index in [1.807, 2.05) is 13.8 Å². The summed E-state index contributed by atoms with van der Waals surface area (Å²) in [4.78, 5) is 28.3. The van der Waals surface area contributed by atoms with Gasteiger partial charge in [0.25, 0.3) is 10.0 Å². The van der Waals surface area contributed by atoms with Gasteiger partial charge in [0.15, 0.2) is 0 Å². The highest BCUT2D eigenvalue weighted by Gasteiger charge is 2.33. The van der Waals surface area contributed by atoms with E-state index in [4.69, 9.17) is 16.3 Å². The topological polar surface area (TPSA) is 96.0 Å². The standard InChI is InChI=1S/C29H34ClN3O5S/c1-5-18-31-29(35)22(3)32(19-23-10-6-7-11-25(23)30)28(34)20-33(26-12-8-9-13-27(26)38-4)39(36,37)24-16-14-21(2)15-17-24/h6-17,22H,5,18-20H2,1-4H3,(H,31,35). The Kier molecular flexibility index (Phi) is 10.4. The SMILES string of the molecule is CCCNC(=O)C(C)N(Cc1ccccc1Cl)C(=O)CN(c1ccccc1OC)S(=O)(=O)c1ccc(C)cc1. The molecule has 0 fully saturated rings. The highest BCUT2D eigenvalue weighted by atomic mass is 35.5. The van der Waals surface area contributed by atoms with E-state index in [1.54, 1.807) is 67.6 Å². The smallest absolute Gasteiger partial charge is 0.264 e. The van der Waals surface area contributed by atoms with Crippen LogP contribution in [0.3, 0.4) is 0 Å². The number of sulfonamides is 1. The van der Waals surface area contributed by atoms with Gasteiger partial charge < -0.3 is 15.0 Å². The minimum Gasteiger partial charge on any atom is -0.495 e. The van der Waals surface area contributed by atoms with Crippen molar-refractivity contribution in [1.82, 2.24) is 10.2 Å². The number of rotatable bonds is 12. The molecule has 0 heterocycles. The fourth-order valence-corrected chi connectivity index (χ4v) is 5.60.